The van der Waals surface area contributed by atoms with Crippen LogP contribution in [-0.4, -0.2) is 29.2 Å². The number of benzene rings is 2. The molecule has 162 valence electrons. The molecule has 3 aromatic rings. The number of nitrogens with one attached hydrogen (secondary N) is 1. The van der Waals surface area contributed by atoms with Crippen LogP contribution in [-0.2, 0) is 6.42 Å². The van der Waals surface area contributed by atoms with Crippen LogP contribution in [0.25, 0.3) is 0 Å². The number of halogens is 2. The van der Waals surface area contributed by atoms with Gasteiger partial charge in [0, 0.05) is 25.1 Å². The lowest BCUT2D eigenvalue weighted by molar-refractivity contribution is 0.0929. The van der Waals surface area contributed by atoms with Gasteiger partial charge in [0.05, 0.1) is 0 Å². The van der Waals surface area contributed by atoms with E-state index in [0.717, 1.165) is 43.6 Å². The molecule has 31 heavy (non-hydrogen) atoms. The van der Waals surface area contributed by atoms with Crippen molar-refractivity contribution in [3.8, 4) is 0 Å². The molecule has 0 spiro atoms. The van der Waals surface area contributed by atoms with Crippen LogP contribution in [0.3, 0.4) is 0 Å². The molecular formula is C23H24F2N4O2. The number of carbonyl (C=O) groups excluding carboxylic acids is 1. The van der Waals surface area contributed by atoms with Gasteiger partial charge in [0.25, 0.3) is 5.91 Å². The summed E-state index contributed by atoms with van der Waals surface area (Å²) in [5, 5.41) is 11.2. The zero-order valence-corrected chi connectivity index (χ0v) is 17.1. The summed E-state index contributed by atoms with van der Waals surface area (Å²) in [5.74, 6) is -2.35. The van der Waals surface area contributed by atoms with Crippen molar-refractivity contribution in [2.24, 2.45) is 0 Å². The van der Waals surface area contributed by atoms with Crippen molar-refractivity contribution in [1.82, 2.24) is 15.5 Å². The first-order chi connectivity index (χ1) is 15.1. The van der Waals surface area contributed by atoms with E-state index >= 15 is 0 Å². The molecule has 0 bridgehead atoms. The van der Waals surface area contributed by atoms with E-state index < -0.39 is 23.6 Å². The van der Waals surface area contributed by atoms with Crippen LogP contribution in [0.15, 0.2) is 52.9 Å². The molecule has 2 heterocycles. The Morgan fingerprint density at radius 2 is 1.74 bits per heavy atom. The Morgan fingerprint density at radius 3 is 2.45 bits per heavy atom. The third-order valence-electron chi connectivity index (χ3n) is 5.37. The molecule has 0 unspecified atom stereocenters. The summed E-state index contributed by atoms with van der Waals surface area (Å²) < 4.78 is 32.8. The maximum Gasteiger partial charge on any atom is 0.318 e. The monoisotopic (exact) mass is 426 g/mol. The van der Waals surface area contributed by atoms with E-state index in [-0.39, 0.29) is 11.5 Å². The maximum atomic E-state index is 13.6. The topological polar surface area (TPSA) is 71.3 Å². The normalized spacial score (nSPS) is 15.4. The smallest absolute Gasteiger partial charge is 0.318 e. The van der Waals surface area contributed by atoms with Crippen LogP contribution < -0.4 is 10.2 Å². The summed E-state index contributed by atoms with van der Waals surface area (Å²) >= 11 is 0. The number of amides is 1. The largest absolute Gasteiger partial charge is 0.406 e. The second-order valence-corrected chi connectivity index (χ2v) is 7.67. The number of carbonyl (C=O) groups is 1. The first-order valence-corrected chi connectivity index (χ1v) is 10.5. The molecule has 6 nitrogen and oxygen atoms in total. The fourth-order valence-corrected chi connectivity index (χ4v) is 3.69. The van der Waals surface area contributed by atoms with Gasteiger partial charge in [-0.15, -0.1) is 5.10 Å². The van der Waals surface area contributed by atoms with Crippen LogP contribution >= 0.6 is 0 Å². The molecule has 0 saturated carbocycles. The molecule has 0 radical (unpaired) electrons. The summed E-state index contributed by atoms with van der Waals surface area (Å²) in [6.45, 7) is 1.71. The fourth-order valence-electron chi connectivity index (χ4n) is 3.69. The molecule has 2 aromatic carbocycles. The van der Waals surface area contributed by atoms with E-state index in [1.54, 1.807) is 0 Å². The van der Waals surface area contributed by atoms with Gasteiger partial charge in [-0.05, 0) is 36.6 Å². The molecule has 4 rings (SSSR count). The third-order valence-corrected chi connectivity index (χ3v) is 5.37. The van der Waals surface area contributed by atoms with Crippen molar-refractivity contribution in [1.29, 1.82) is 0 Å². The summed E-state index contributed by atoms with van der Waals surface area (Å²) in [4.78, 5) is 14.8. The maximum absolute atomic E-state index is 13.6. The predicted molar refractivity (Wildman–Crippen MR) is 112 cm³/mol. The van der Waals surface area contributed by atoms with E-state index in [1.807, 2.05) is 30.3 Å². The molecule has 1 fully saturated rings. The van der Waals surface area contributed by atoms with Crippen molar-refractivity contribution in [3.63, 3.8) is 0 Å². The lowest BCUT2D eigenvalue weighted by Crippen LogP contribution is -2.30. The Morgan fingerprint density at radius 1 is 1.00 bits per heavy atom. The molecule has 8 heteroatoms. The average molecular weight is 426 g/mol. The first kappa shape index (κ1) is 21.0. The first-order valence-electron chi connectivity index (χ1n) is 10.5. The summed E-state index contributed by atoms with van der Waals surface area (Å²) in [7, 11) is 0. The highest BCUT2D eigenvalue weighted by Gasteiger charge is 2.25. The van der Waals surface area contributed by atoms with E-state index in [4.69, 9.17) is 4.42 Å². The number of rotatable bonds is 6. The van der Waals surface area contributed by atoms with E-state index in [0.29, 0.717) is 12.4 Å². The van der Waals surface area contributed by atoms with Crippen molar-refractivity contribution in [3.05, 3.63) is 77.2 Å². The van der Waals surface area contributed by atoms with Crippen LogP contribution in [0.5, 0.6) is 0 Å². The lowest BCUT2D eigenvalue weighted by Gasteiger charge is -2.18. The second-order valence-electron chi connectivity index (χ2n) is 7.67. The highest BCUT2D eigenvalue weighted by atomic mass is 19.2. The van der Waals surface area contributed by atoms with Gasteiger partial charge in [-0.1, -0.05) is 48.3 Å². The lowest BCUT2D eigenvalue weighted by atomic mass is 10.1. The van der Waals surface area contributed by atoms with E-state index in [9.17, 15) is 13.6 Å². The van der Waals surface area contributed by atoms with E-state index in [1.165, 1.54) is 18.9 Å². The van der Waals surface area contributed by atoms with Crippen molar-refractivity contribution in [2.45, 2.75) is 38.1 Å². The minimum absolute atomic E-state index is 0.0178. The standard InChI is InChI=1S/C23H24F2N4O2/c24-18-11-10-17(15-19(18)25)21(30)26-20(14-16-8-4-3-5-9-16)22-27-28-23(31-22)29-12-6-1-2-7-13-29/h3-5,8-11,15,20H,1-2,6-7,12-14H2,(H,26,30)/t20-/m1/s1. The van der Waals surface area contributed by atoms with Gasteiger partial charge in [0.2, 0.25) is 5.89 Å². The fraction of sp³-hybridized carbons (Fsp3) is 0.348. The Bertz CT molecular complexity index is 1020. The molecule has 1 saturated heterocycles. The van der Waals surface area contributed by atoms with Gasteiger partial charge in [0.1, 0.15) is 6.04 Å². The van der Waals surface area contributed by atoms with Crippen LogP contribution in [0.4, 0.5) is 14.8 Å². The van der Waals surface area contributed by atoms with Gasteiger partial charge >= 0.3 is 6.01 Å². The summed E-state index contributed by atoms with van der Waals surface area (Å²) in [5.41, 5.74) is 0.983. The quantitative estimate of drug-likeness (QED) is 0.631. The molecule has 1 amide bonds. The molecule has 1 atom stereocenters. The molecular weight excluding hydrogens is 402 g/mol. The number of anilines is 1. The Kier molecular flexibility index (Phi) is 6.54. The summed E-state index contributed by atoms with van der Waals surface area (Å²) in [6, 6.07) is 12.5. The SMILES string of the molecule is O=C(N[C@H](Cc1ccccc1)c1nnc(N2CCCCCC2)o1)c1ccc(F)c(F)c1. The predicted octanol–water partition coefficient (Wildman–Crippen LogP) is 4.44. The number of hydrogen-bond acceptors (Lipinski definition) is 5. The van der Waals surface area contributed by atoms with Gasteiger partial charge in [0.15, 0.2) is 11.6 Å². The molecule has 1 aromatic heterocycles. The summed E-state index contributed by atoms with van der Waals surface area (Å²) in [6.07, 6.45) is 4.91. The zero-order chi connectivity index (χ0) is 21.6. The Balaban J connectivity index is 1.57. The van der Waals surface area contributed by atoms with Gasteiger partial charge in [-0.2, -0.15) is 0 Å². The van der Waals surface area contributed by atoms with Crippen LogP contribution in [0.1, 0.15) is 53.5 Å². The molecule has 1 aliphatic rings. The number of hydrogen-bond donors (Lipinski definition) is 1. The van der Waals surface area contributed by atoms with Crippen molar-refractivity contribution >= 4 is 11.9 Å². The molecule has 0 aliphatic carbocycles. The van der Waals surface area contributed by atoms with Crippen LogP contribution in [0, 0.1) is 11.6 Å². The van der Waals surface area contributed by atoms with Crippen molar-refractivity contribution < 1.29 is 18.0 Å². The minimum Gasteiger partial charge on any atom is -0.406 e. The molecule has 1 N–H and O–H groups in total. The van der Waals surface area contributed by atoms with Gasteiger partial charge in [-0.3, -0.25) is 4.79 Å². The van der Waals surface area contributed by atoms with Gasteiger partial charge < -0.3 is 14.6 Å². The number of aromatic nitrogens is 2. The Labute approximate surface area is 179 Å². The zero-order valence-electron chi connectivity index (χ0n) is 17.1. The second kappa shape index (κ2) is 9.68. The van der Waals surface area contributed by atoms with Crippen molar-refractivity contribution in [2.75, 3.05) is 18.0 Å². The molecule has 1 aliphatic heterocycles. The number of nitrogens with zero attached hydrogens (tertiary/aromatic N) is 3. The Hall–Kier alpha value is -3.29. The van der Waals surface area contributed by atoms with Crippen LogP contribution in [0.2, 0.25) is 0 Å². The average Bonchev–Trinajstić information content (AvgIpc) is 3.11. The minimum atomic E-state index is -1.08. The van der Waals surface area contributed by atoms with E-state index in [2.05, 4.69) is 20.4 Å². The highest BCUT2D eigenvalue weighted by Crippen LogP contribution is 2.24. The third kappa shape index (κ3) is 5.25. The highest BCUT2D eigenvalue weighted by molar-refractivity contribution is 5.94. The van der Waals surface area contributed by atoms with Gasteiger partial charge in [-0.25, -0.2) is 8.78 Å².